The van der Waals surface area contributed by atoms with Gasteiger partial charge < -0.3 is 9.84 Å². The number of carboxylic acid groups (broad SMARTS) is 1. The first kappa shape index (κ1) is 15.7. The molecule has 0 bridgehead atoms. The second-order valence-electron chi connectivity index (χ2n) is 5.04. The van der Waals surface area contributed by atoms with Gasteiger partial charge in [0.15, 0.2) is 0 Å². The van der Waals surface area contributed by atoms with E-state index < -0.39 is 18.0 Å². The average Bonchev–Trinajstić information content (AvgIpc) is 2.46. The molecule has 1 unspecified atom stereocenters. The lowest BCUT2D eigenvalue weighted by Crippen LogP contribution is -2.29. The van der Waals surface area contributed by atoms with Crippen LogP contribution < -0.4 is 0 Å². The van der Waals surface area contributed by atoms with Crippen molar-refractivity contribution in [3.8, 4) is 0 Å². The van der Waals surface area contributed by atoms with Gasteiger partial charge in [0.2, 0.25) is 6.10 Å². The first-order chi connectivity index (χ1) is 10.5. The number of esters is 1. The molecule has 114 valence electrons. The normalized spacial score (nSPS) is 11.9. The Morgan fingerprint density at radius 2 is 1.77 bits per heavy atom. The highest BCUT2D eigenvalue weighted by Gasteiger charge is 2.24. The molecular formula is C17H16O5. The molecule has 0 aliphatic carbocycles. The minimum atomic E-state index is -1.43. The van der Waals surface area contributed by atoms with Gasteiger partial charge in [0.1, 0.15) is 5.78 Å². The Balaban J connectivity index is 2.13. The summed E-state index contributed by atoms with van der Waals surface area (Å²) in [6.07, 6.45) is -1.79. The quantitative estimate of drug-likeness (QED) is 0.828. The summed E-state index contributed by atoms with van der Waals surface area (Å²) in [7, 11) is 0. The number of hydrogen-bond donors (Lipinski definition) is 1. The zero-order chi connectivity index (χ0) is 16.1. The van der Waals surface area contributed by atoms with Gasteiger partial charge in [0.25, 0.3) is 0 Å². The van der Waals surface area contributed by atoms with Crippen LogP contribution in [-0.2, 0) is 25.5 Å². The van der Waals surface area contributed by atoms with E-state index in [1.165, 1.54) is 6.92 Å². The number of aliphatic carboxylic acids is 1. The van der Waals surface area contributed by atoms with Crippen molar-refractivity contribution in [1.82, 2.24) is 0 Å². The van der Waals surface area contributed by atoms with Crippen molar-refractivity contribution in [2.45, 2.75) is 25.9 Å². The van der Waals surface area contributed by atoms with Crippen LogP contribution in [0.3, 0.4) is 0 Å². The molecule has 0 aliphatic rings. The summed E-state index contributed by atoms with van der Waals surface area (Å²) < 4.78 is 4.92. The van der Waals surface area contributed by atoms with E-state index in [0.29, 0.717) is 0 Å². The fraction of sp³-hybridized carbons (Fsp3) is 0.235. The van der Waals surface area contributed by atoms with Crippen molar-refractivity contribution in [2.24, 2.45) is 0 Å². The topological polar surface area (TPSA) is 80.7 Å². The molecule has 0 aromatic heterocycles. The van der Waals surface area contributed by atoms with Crippen LogP contribution in [0.5, 0.6) is 0 Å². The molecular weight excluding hydrogens is 284 g/mol. The third kappa shape index (κ3) is 3.91. The van der Waals surface area contributed by atoms with E-state index in [1.54, 1.807) is 6.07 Å². The van der Waals surface area contributed by atoms with Gasteiger partial charge in [0.05, 0.1) is 12.8 Å². The first-order valence-electron chi connectivity index (χ1n) is 6.85. The summed E-state index contributed by atoms with van der Waals surface area (Å²) in [6.45, 7) is 1.26. The van der Waals surface area contributed by atoms with Gasteiger partial charge in [-0.15, -0.1) is 0 Å². The molecule has 0 spiro atoms. The van der Waals surface area contributed by atoms with E-state index in [-0.39, 0.29) is 18.6 Å². The maximum atomic E-state index is 12.0. The number of hydrogen-bond acceptors (Lipinski definition) is 4. The number of ether oxygens (including phenoxy) is 1. The molecule has 0 heterocycles. The zero-order valence-corrected chi connectivity index (χ0v) is 12.1. The van der Waals surface area contributed by atoms with E-state index >= 15 is 0 Å². The largest absolute Gasteiger partial charge is 0.478 e. The molecule has 0 saturated carbocycles. The van der Waals surface area contributed by atoms with Gasteiger partial charge >= 0.3 is 11.9 Å². The second kappa shape index (κ2) is 6.85. The molecule has 0 saturated heterocycles. The Morgan fingerprint density at radius 3 is 2.45 bits per heavy atom. The average molecular weight is 300 g/mol. The number of carboxylic acids is 1. The van der Waals surface area contributed by atoms with Crippen LogP contribution in [0.4, 0.5) is 0 Å². The Hall–Kier alpha value is -2.69. The Labute approximate surface area is 127 Å². The van der Waals surface area contributed by atoms with E-state index in [4.69, 9.17) is 9.84 Å². The summed E-state index contributed by atoms with van der Waals surface area (Å²) in [5.74, 6) is -2.32. The lowest BCUT2D eigenvalue weighted by Gasteiger charge is -2.13. The first-order valence-corrected chi connectivity index (χ1v) is 6.85. The van der Waals surface area contributed by atoms with Gasteiger partial charge in [-0.1, -0.05) is 42.5 Å². The molecule has 0 radical (unpaired) electrons. The molecule has 2 aromatic rings. The van der Waals surface area contributed by atoms with Crippen LogP contribution in [0, 0.1) is 0 Å². The van der Waals surface area contributed by atoms with Gasteiger partial charge in [0, 0.05) is 0 Å². The van der Waals surface area contributed by atoms with Crippen LogP contribution in [0.25, 0.3) is 10.8 Å². The number of Topliss-reactive ketones (excluding diaryl/α,β-unsaturated/α-hetero) is 1. The maximum absolute atomic E-state index is 12.0. The number of ketones is 1. The van der Waals surface area contributed by atoms with E-state index in [0.717, 1.165) is 16.3 Å². The van der Waals surface area contributed by atoms with Crippen LogP contribution in [0.2, 0.25) is 0 Å². The smallest absolute Gasteiger partial charge is 0.345 e. The van der Waals surface area contributed by atoms with Crippen molar-refractivity contribution in [3.63, 3.8) is 0 Å². The minimum absolute atomic E-state index is 0.0387. The number of benzene rings is 2. The maximum Gasteiger partial charge on any atom is 0.345 e. The fourth-order valence-corrected chi connectivity index (χ4v) is 2.24. The molecule has 0 aliphatic heterocycles. The Kier molecular flexibility index (Phi) is 4.88. The zero-order valence-electron chi connectivity index (χ0n) is 12.1. The summed E-state index contributed by atoms with van der Waals surface area (Å²) in [4.78, 5) is 34.0. The minimum Gasteiger partial charge on any atom is -0.478 e. The van der Waals surface area contributed by atoms with Crippen molar-refractivity contribution in [1.29, 1.82) is 0 Å². The fourth-order valence-electron chi connectivity index (χ4n) is 2.24. The van der Waals surface area contributed by atoms with Crippen molar-refractivity contribution >= 4 is 28.5 Å². The molecule has 0 amide bonds. The third-order valence-corrected chi connectivity index (χ3v) is 3.24. The van der Waals surface area contributed by atoms with Crippen LogP contribution in [0.1, 0.15) is 18.9 Å². The van der Waals surface area contributed by atoms with Crippen LogP contribution >= 0.6 is 0 Å². The highest BCUT2D eigenvalue weighted by atomic mass is 16.6. The van der Waals surface area contributed by atoms with Crippen molar-refractivity contribution in [3.05, 3.63) is 48.0 Å². The molecule has 2 aromatic carbocycles. The Bertz CT molecular complexity index is 715. The SMILES string of the molecule is CC(=O)CC(OC(=O)Cc1cccc2ccccc12)C(=O)O. The van der Waals surface area contributed by atoms with Gasteiger partial charge in [-0.05, 0) is 23.3 Å². The molecule has 22 heavy (non-hydrogen) atoms. The van der Waals surface area contributed by atoms with E-state index in [9.17, 15) is 14.4 Å². The summed E-state index contributed by atoms with van der Waals surface area (Å²) in [5.41, 5.74) is 0.759. The van der Waals surface area contributed by atoms with Crippen LogP contribution in [-0.4, -0.2) is 28.9 Å². The number of rotatable bonds is 6. The monoisotopic (exact) mass is 300 g/mol. The molecule has 1 atom stereocenters. The molecule has 0 fully saturated rings. The van der Waals surface area contributed by atoms with Crippen LogP contribution in [0.15, 0.2) is 42.5 Å². The summed E-state index contributed by atoms with van der Waals surface area (Å²) >= 11 is 0. The van der Waals surface area contributed by atoms with Crippen molar-refractivity contribution < 1.29 is 24.2 Å². The number of carbonyl (C=O) groups is 3. The highest BCUT2D eigenvalue weighted by molar-refractivity contribution is 5.90. The molecule has 5 heteroatoms. The summed E-state index contributed by atoms with van der Waals surface area (Å²) in [6, 6.07) is 13.1. The molecule has 2 rings (SSSR count). The lowest BCUT2D eigenvalue weighted by molar-refractivity contribution is -0.164. The second-order valence-corrected chi connectivity index (χ2v) is 5.04. The number of carbonyl (C=O) groups excluding carboxylic acids is 2. The van der Waals surface area contributed by atoms with Gasteiger partial charge in [-0.25, -0.2) is 4.79 Å². The predicted molar refractivity (Wildman–Crippen MR) is 80.5 cm³/mol. The third-order valence-electron chi connectivity index (χ3n) is 3.24. The van der Waals surface area contributed by atoms with E-state index in [2.05, 4.69) is 0 Å². The Morgan fingerprint density at radius 1 is 1.09 bits per heavy atom. The van der Waals surface area contributed by atoms with Gasteiger partial charge in [-0.2, -0.15) is 0 Å². The van der Waals surface area contributed by atoms with Crippen molar-refractivity contribution in [2.75, 3.05) is 0 Å². The standard InChI is InChI=1S/C17H16O5/c1-11(18)9-15(17(20)21)22-16(19)10-13-7-4-6-12-5-2-3-8-14(12)13/h2-8,15H,9-10H2,1H3,(H,20,21). The predicted octanol–water partition coefficient (Wildman–Crippen LogP) is 2.36. The van der Waals surface area contributed by atoms with Gasteiger partial charge in [-0.3, -0.25) is 9.59 Å². The molecule has 1 N–H and O–H groups in total. The molecule has 5 nitrogen and oxygen atoms in total. The van der Waals surface area contributed by atoms with E-state index in [1.807, 2.05) is 36.4 Å². The highest BCUT2D eigenvalue weighted by Crippen LogP contribution is 2.19. The summed E-state index contributed by atoms with van der Waals surface area (Å²) in [5, 5.41) is 10.9. The number of fused-ring (bicyclic) bond motifs is 1. The lowest BCUT2D eigenvalue weighted by atomic mass is 10.0.